The van der Waals surface area contributed by atoms with Gasteiger partial charge in [0.2, 0.25) is 0 Å². The third-order valence-electron chi connectivity index (χ3n) is 4.21. The van der Waals surface area contributed by atoms with Crippen molar-refractivity contribution in [2.24, 2.45) is 0 Å². The number of aromatic nitrogens is 2. The fourth-order valence-electron chi connectivity index (χ4n) is 2.92. The lowest BCUT2D eigenvalue weighted by molar-refractivity contribution is 0.0616. The number of hydrogen-bond donors (Lipinski definition) is 0. The summed E-state index contributed by atoms with van der Waals surface area (Å²) in [6, 6.07) is 10.4. The Labute approximate surface area is 141 Å². The van der Waals surface area contributed by atoms with Crippen LogP contribution in [0.25, 0.3) is 0 Å². The molecule has 1 aromatic heterocycles. The Morgan fingerprint density at radius 3 is 2.52 bits per heavy atom. The molecule has 1 saturated heterocycles. The number of amides is 1. The number of carbonyl (C=O) groups excluding carboxylic acids is 1. The largest absolute Gasteiger partial charge is 0.335 e. The van der Waals surface area contributed by atoms with Gasteiger partial charge in [0.1, 0.15) is 5.69 Å². The van der Waals surface area contributed by atoms with E-state index in [1.807, 2.05) is 17.9 Å². The Bertz CT molecular complexity index is 662. The van der Waals surface area contributed by atoms with Crippen molar-refractivity contribution in [2.75, 3.05) is 26.2 Å². The Hall–Kier alpha value is -1.85. The highest BCUT2D eigenvalue weighted by Crippen LogP contribution is 2.18. The lowest BCUT2D eigenvalue weighted by Gasteiger charge is -2.34. The zero-order valence-corrected chi connectivity index (χ0v) is 14.0. The number of piperazine rings is 1. The normalized spacial score (nSPS) is 15.8. The minimum Gasteiger partial charge on any atom is -0.335 e. The van der Waals surface area contributed by atoms with Crippen LogP contribution in [0.5, 0.6) is 0 Å². The van der Waals surface area contributed by atoms with Crippen LogP contribution in [0.2, 0.25) is 5.02 Å². The van der Waals surface area contributed by atoms with Crippen LogP contribution in [0.1, 0.15) is 23.0 Å². The van der Waals surface area contributed by atoms with Crippen molar-refractivity contribution >= 4 is 17.5 Å². The predicted octanol–water partition coefficient (Wildman–Crippen LogP) is 2.51. The second-order valence-electron chi connectivity index (χ2n) is 5.71. The van der Waals surface area contributed by atoms with Crippen LogP contribution < -0.4 is 0 Å². The van der Waals surface area contributed by atoms with Gasteiger partial charge in [-0.25, -0.2) is 0 Å². The number of carbonyl (C=O) groups is 1. The van der Waals surface area contributed by atoms with Crippen molar-refractivity contribution in [1.29, 1.82) is 0 Å². The minimum atomic E-state index is -0.0197. The van der Waals surface area contributed by atoms with E-state index in [4.69, 9.17) is 11.6 Å². The molecular formula is C17H21ClN4O. The van der Waals surface area contributed by atoms with Crippen LogP contribution in [-0.2, 0) is 13.1 Å². The Balaban J connectivity index is 1.60. The second kappa shape index (κ2) is 7.15. The van der Waals surface area contributed by atoms with E-state index in [9.17, 15) is 4.79 Å². The monoisotopic (exact) mass is 332 g/mol. The molecule has 122 valence electrons. The van der Waals surface area contributed by atoms with Crippen LogP contribution in [0, 0.1) is 0 Å². The molecule has 0 N–H and O–H groups in total. The molecule has 2 aromatic rings. The summed E-state index contributed by atoms with van der Waals surface area (Å²) in [5, 5.41) is 4.58. The Morgan fingerprint density at radius 2 is 1.87 bits per heavy atom. The van der Waals surface area contributed by atoms with E-state index in [1.165, 1.54) is 5.56 Å². The van der Waals surface area contributed by atoms with Gasteiger partial charge in [-0.05, 0) is 12.5 Å². The average molecular weight is 333 g/mol. The summed E-state index contributed by atoms with van der Waals surface area (Å²) in [5.41, 5.74) is 1.81. The molecule has 3 rings (SSSR count). The molecule has 0 radical (unpaired) electrons. The maximum atomic E-state index is 12.7. The van der Waals surface area contributed by atoms with Gasteiger partial charge in [0.15, 0.2) is 0 Å². The quantitative estimate of drug-likeness (QED) is 0.864. The molecule has 0 bridgehead atoms. The van der Waals surface area contributed by atoms with Crippen molar-refractivity contribution < 1.29 is 4.79 Å². The molecule has 1 fully saturated rings. The topological polar surface area (TPSA) is 41.4 Å². The standard InChI is InChI=1S/C17H21ClN4O/c1-2-22-16(15(18)12-19-22)17(23)21-10-8-20(9-11-21)13-14-6-4-3-5-7-14/h3-7,12H,2,8-11,13H2,1H3. The molecule has 23 heavy (non-hydrogen) atoms. The second-order valence-corrected chi connectivity index (χ2v) is 6.12. The van der Waals surface area contributed by atoms with Gasteiger partial charge in [-0.15, -0.1) is 0 Å². The average Bonchev–Trinajstić information content (AvgIpc) is 2.96. The first-order valence-corrected chi connectivity index (χ1v) is 8.33. The third-order valence-corrected chi connectivity index (χ3v) is 4.48. The summed E-state index contributed by atoms with van der Waals surface area (Å²) in [5.74, 6) is -0.0197. The van der Waals surface area contributed by atoms with Gasteiger partial charge >= 0.3 is 0 Å². The maximum absolute atomic E-state index is 12.7. The fraction of sp³-hybridized carbons (Fsp3) is 0.412. The van der Waals surface area contributed by atoms with Gasteiger partial charge in [0.05, 0.1) is 11.2 Å². The predicted molar refractivity (Wildman–Crippen MR) is 90.5 cm³/mol. The van der Waals surface area contributed by atoms with Crippen molar-refractivity contribution in [1.82, 2.24) is 19.6 Å². The molecule has 1 amide bonds. The smallest absolute Gasteiger partial charge is 0.273 e. The van der Waals surface area contributed by atoms with Gasteiger partial charge < -0.3 is 4.90 Å². The fourth-order valence-corrected chi connectivity index (χ4v) is 3.14. The molecule has 6 heteroatoms. The molecule has 0 saturated carbocycles. The van der Waals surface area contributed by atoms with E-state index in [2.05, 4.69) is 34.3 Å². The summed E-state index contributed by atoms with van der Waals surface area (Å²) in [7, 11) is 0. The van der Waals surface area contributed by atoms with Crippen molar-refractivity contribution in [2.45, 2.75) is 20.0 Å². The molecule has 0 unspecified atom stereocenters. The van der Waals surface area contributed by atoms with Gasteiger partial charge in [0, 0.05) is 39.3 Å². The highest BCUT2D eigenvalue weighted by molar-refractivity contribution is 6.33. The van der Waals surface area contributed by atoms with E-state index >= 15 is 0 Å². The van der Waals surface area contributed by atoms with Gasteiger partial charge in [-0.1, -0.05) is 41.9 Å². The van der Waals surface area contributed by atoms with E-state index < -0.39 is 0 Å². The minimum absolute atomic E-state index is 0.0197. The maximum Gasteiger partial charge on any atom is 0.273 e. The number of halogens is 1. The van der Waals surface area contributed by atoms with Gasteiger partial charge in [-0.3, -0.25) is 14.4 Å². The SMILES string of the molecule is CCn1ncc(Cl)c1C(=O)N1CCN(Cc2ccccc2)CC1. The molecule has 1 aliphatic rings. The third kappa shape index (κ3) is 3.57. The molecule has 1 aromatic carbocycles. The number of benzene rings is 1. The zero-order chi connectivity index (χ0) is 16.2. The first-order valence-electron chi connectivity index (χ1n) is 7.96. The zero-order valence-electron chi connectivity index (χ0n) is 13.3. The van der Waals surface area contributed by atoms with Crippen LogP contribution in [-0.4, -0.2) is 51.7 Å². The summed E-state index contributed by atoms with van der Waals surface area (Å²) >= 11 is 6.13. The van der Waals surface area contributed by atoms with Gasteiger partial charge in [0.25, 0.3) is 5.91 Å². The first-order chi connectivity index (χ1) is 11.2. The van der Waals surface area contributed by atoms with Crippen molar-refractivity contribution in [3.63, 3.8) is 0 Å². The highest BCUT2D eigenvalue weighted by atomic mass is 35.5. The van der Waals surface area contributed by atoms with Crippen molar-refractivity contribution in [3.8, 4) is 0 Å². The summed E-state index contributed by atoms with van der Waals surface area (Å²) in [6.45, 7) is 6.71. The van der Waals surface area contributed by atoms with Crippen LogP contribution in [0.3, 0.4) is 0 Å². The number of hydrogen-bond acceptors (Lipinski definition) is 3. The summed E-state index contributed by atoms with van der Waals surface area (Å²) in [4.78, 5) is 16.9. The Kier molecular flexibility index (Phi) is 4.98. The van der Waals surface area contributed by atoms with Crippen LogP contribution >= 0.6 is 11.6 Å². The summed E-state index contributed by atoms with van der Waals surface area (Å²) < 4.78 is 1.67. The van der Waals surface area contributed by atoms with E-state index in [-0.39, 0.29) is 5.91 Å². The van der Waals surface area contributed by atoms with Crippen LogP contribution in [0.4, 0.5) is 0 Å². The molecule has 0 aliphatic carbocycles. The van der Waals surface area contributed by atoms with E-state index in [0.717, 1.165) is 32.7 Å². The van der Waals surface area contributed by atoms with E-state index in [0.29, 0.717) is 17.3 Å². The first kappa shape index (κ1) is 16.0. The van der Waals surface area contributed by atoms with Gasteiger partial charge in [-0.2, -0.15) is 5.10 Å². The Morgan fingerprint density at radius 1 is 1.17 bits per heavy atom. The molecule has 0 atom stereocenters. The molecule has 5 nitrogen and oxygen atoms in total. The summed E-state index contributed by atoms with van der Waals surface area (Å²) in [6.07, 6.45) is 1.55. The molecule has 2 heterocycles. The molecular weight excluding hydrogens is 312 g/mol. The number of rotatable bonds is 4. The molecule has 1 aliphatic heterocycles. The lowest BCUT2D eigenvalue weighted by atomic mass is 10.2. The number of aryl methyl sites for hydroxylation is 1. The molecule has 0 spiro atoms. The van der Waals surface area contributed by atoms with Crippen molar-refractivity contribution in [3.05, 3.63) is 52.8 Å². The highest BCUT2D eigenvalue weighted by Gasteiger charge is 2.26. The number of nitrogens with zero attached hydrogens (tertiary/aromatic N) is 4. The van der Waals surface area contributed by atoms with Crippen LogP contribution in [0.15, 0.2) is 36.5 Å². The lowest BCUT2D eigenvalue weighted by Crippen LogP contribution is -2.48. The van der Waals surface area contributed by atoms with E-state index in [1.54, 1.807) is 10.9 Å².